The van der Waals surface area contributed by atoms with Gasteiger partial charge in [0.1, 0.15) is 5.75 Å². The molecule has 0 spiro atoms. The van der Waals surface area contributed by atoms with Crippen LogP contribution in [-0.4, -0.2) is 18.6 Å². The highest BCUT2D eigenvalue weighted by Crippen LogP contribution is 2.26. The van der Waals surface area contributed by atoms with E-state index in [-0.39, 0.29) is 12.0 Å². The zero-order valence-electron chi connectivity index (χ0n) is 10.4. The maximum absolute atomic E-state index is 11.7. The van der Waals surface area contributed by atoms with Gasteiger partial charge in [-0.3, -0.25) is 4.79 Å². The van der Waals surface area contributed by atoms with Crippen LogP contribution < -0.4 is 10.1 Å². The molecule has 1 N–H and O–H groups in total. The third kappa shape index (κ3) is 4.38. The van der Waals surface area contributed by atoms with Crippen LogP contribution in [0.5, 0.6) is 5.75 Å². The van der Waals surface area contributed by atoms with Crippen molar-refractivity contribution in [2.24, 2.45) is 0 Å². The van der Waals surface area contributed by atoms with Gasteiger partial charge in [0.2, 0.25) is 0 Å². The highest BCUT2D eigenvalue weighted by Gasteiger charge is 2.09. The molecule has 1 rings (SSSR count). The normalized spacial score (nSPS) is 10.4. The van der Waals surface area contributed by atoms with Crippen molar-refractivity contribution in [3.8, 4) is 5.75 Å². The summed E-state index contributed by atoms with van der Waals surface area (Å²) in [5.41, 5.74) is 0.640. The van der Waals surface area contributed by atoms with Gasteiger partial charge in [0.05, 0.1) is 10.6 Å². The molecule has 0 unspecified atom stereocenters. The predicted molar refractivity (Wildman–Crippen MR) is 72.5 cm³/mol. The molecule has 1 aromatic rings. The Hall–Kier alpha value is -1.03. The summed E-state index contributed by atoms with van der Waals surface area (Å²) in [7, 11) is 0. The van der Waals surface area contributed by atoms with Gasteiger partial charge >= 0.3 is 0 Å². The van der Waals surface area contributed by atoms with Gasteiger partial charge in [-0.1, -0.05) is 6.92 Å². The molecule has 0 saturated carbocycles. The average molecular weight is 300 g/mol. The number of amides is 1. The number of nitrogens with one attached hydrogen (secondary N) is 1. The lowest BCUT2D eigenvalue weighted by Gasteiger charge is -2.12. The van der Waals surface area contributed by atoms with Gasteiger partial charge in [-0.15, -0.1) is 0 Å². The third-order valence-corrected chi connectivity index (χ3v) is 2.71. The summed E-state index contributed by atoms with van der Waals surface area (Å²) in [6, 6.07) is 5.36. The molecule has 0 heterocycles. The average Bonchev–Trinajstić information content (AvgIpc) is 2.28. The molecule has 3 nitrogen and oxygen atoms in total. The maximum Gasteiger partial charge on any atom is 0.251 e. The van der Waals surface area contributed by atoms with Crippen molar-refractivity contribution in [1.82, 2.24) is 5.32 Å². The van der Waals surface area contributed by atoms with E-state index in [2.05, 4.69) is 21.2 Å². The van der Waals surface area contributed by atoms with Gasteiger partial charge < -0.3 is 10.1 Å². The number of rotatable bonds is 5. The van der Waals surface area contributed by atoms with E-state index in [0.29, 0.717) is 12.1 Å². The van der Waals surface area contributed by atoms with Crippen LogP contribution in [0.3, 0.4) is 0 Å². The van der Waals surface area contributed by atoms with Crippen molar-refractivity contribution < 1.29 is 9.53 Å². The smallest absolute Gasteiger partial charge is 0.251 e. The fourth-order valence-electron chi connectivity index (χ4n) is 1.33. The quantitative estimate of drug-likeness (QED) is 0.905. The topological polar surface area (TPSA) is 38.3 Å². The molecule has 0 atom stereocenters. The van der Waals surface area contributed by atoms with E-state index in [1.54, 1.807) is 12.1 Å². The van der Waals surface area contributed by atoms with E-state index in [1.807, 2.05) is 26.8 Å². The van der Waals surface area contributed by atoms with Crippen molar-refractivity contribution in [2.75, 3.05) is 6.54 Å². The molecule has 0 aliphatic carbocycles. The Labute approximate surface area is 111 Å². The zero-order valence-corrected chi connectivity index (χ0v) is 12.0. The molecule has 0 aliphatic heterocycles. The summed E-state index contributed by atoms with van der Waals surface area (Å²) in [5, 5.41) is 2.84. The van der Waals surface area contributed by atoms with Crippen LogP contribution in [0, 0.1) is 0 Å². The highest BCUT2D eigenvalue weighted by atomic mass is 79.9. The summed E-state index contributed by atoms with van der Waals surface area (Å²) >= 11 is 3.41. The van der Waals surface area contributed by atoms with Crippen molar-refractivity contribution in [2.45, 2.75) is 33.3 Å². The number of carbonyl (C=O) groups excluding carboxylic acids is 1. The van der Waals surface area contributed by atoms with Crippen LogP contribution >= 0.6 is 15.9 Å². The molecule has 0 saturated heterocycles. The lowest BCUT2D eigenvalue weighted by molar-refractivity contribution is 0.0953. The molecule has 0 aliphatic rings. The second-order valence-corrected chi connectivity index (χ2v) is 4.92. The molecule has 4 heteroatoms. The zero-order chi connectivity index (χ0) is 12.8. The number of benzene rings is 1. The third-order valence-electron chi connectivity index (χ3n) is 2.09. The molecular weight excluding hydrogens is 282 g/mol. The molecule has 0 radical (unpaired) electrons. The second kappa shape index (κ2) is 6.64. The van der Waals surface area contributed by atoms with Crippen LogP contribution in [-0.2, 0) is 0 Å². The first-order chi connectivity index (χ1) is 8.04. The van der Waals surface area contributed by atoms with Gasteiger partial charge in [0, 0.05) is 12.1 Å². The largest absolute Gasteiger partial charge is 0.490 e. The van der Waals surface area contributed by atoms with Crippen molar-refractivity contribution >= 4 is 21.8 Å². The predicted octanol–water partition coefficient (Wildman–Crippen LogP) is 3.38. The van der Waals surface area contributed by atoms with E-state index < -0.39 is 0 Å². The van der Waals surface area contributed by atoms with Crippen molar-refractivity contribution in [1.29, 1.82) is 0 Å². The fraction of sp³-hybridized carbons (Fsp3) is 0.462. The van der Waals surface area contributed by atoms with E-state index in [0.717, 1.165) is 16.6 Å². The Morgan fingerprint density at radius 3 is 2.71 bits per heavy atom. The summed E-state index contributed by atoms with van der Waals surface area (Å²) in [6.07, 6.45) is 1.05. The van der Waals surface area contributed by atoms with Gasteiger partial charge in [0.25, 0.3) is 5.91 Å². The van der Waals surface area contributed by atoms with Gasteiger partial charge in [-0.2, -0.15) is 0 Å². The van der Waals surface area contributed by atoms with Crippen LogP contribution in [0.2, 0.25) is 0 Å². The molecule has 17 heavy (non-hydrogen) atoms. The van der Waals surface area contributed by atoms with Crippen LogP contribution in [0.4, 0.5) is 0 Å². The monoisotopic (exact) mass is 299 g/mol. The number of halogens is 1. The molecule has 1 aromatic carbocycles. The number of carbonyl (C=O) groups is 1. The van der Waals surface area contributed by atoms with Crippen LogP contribution in [0.25, 0.3) is 0 Å². The number of hydrogen-bond acceptors (Lipinski definition) is 2. The summed E-state index contributed by atoms with van der Waals surface area (Å²) in [4.78, 5) is 11.7. The summed E-state index contributed by atoms with van der Waals surface area (Å²) in [6.45, 7) is 6.65. The van der Waals surface area contributed by atoms with Gasteiger partial charge in [0.15, 0.2) is 0 Å². The highest BCUT2D eigenvalue weighted by molar-refractivity contribution is 9.10. The van der Waals surface area contributed by atoms with Crippen LogP contribution in [0.15, 0.2) is 22.7 Å². The van der Waals surface area contributed by atoms with Gasteiger partial charge in [-0.05, 0) is 54.4 Å². The lowest BCUT2D eigenvalue weighted by atomic mass is 10.2. The van der Waals surface area contributed by atoms with E-state index in [1.165, 1.54) is 0 Å². The first-order valence-electron chi connectivity index (χ1n) is 5.79. The molecule has 0 aromatic heterocycles. The Morgan fingerprint density at radius 1 is 1.47 bits per heavy atom. The Kier molecular flexibility index (Phi) is 5.48. The van der Waals surface area contributed by atoms with Crippen LogP contribution in [0.1, 0.15) is 37.6 Å². The lowest BCUT2D eigenvalue weighted by Crippen LogP contribution is -2.23. The van der Waals surface area contributed by atoms with Gasteiger partial charge in [-0.25, -0.2) is 0 Å². The Bertz CT molecular complexity index is 391. The van der Waals surface area contributed by atoms with E-state index in [4.69, 9.17) is 4.74 Å². The molecule has 0 fully saturated rings. The Balaban J connectivity index is 2.77. The SMILES string of the molecule is CCCNC(=O)c1ccc(OC(C)C)c(Br)c1. The number of hydrogen-bond donors (Lipinski definition) is 1. The second-order valence-electron chi connectivity index (χ2n) is 4.07. The van der Waals surface area contributed by atoms with Crippen molar-refractivity contribution in [3.05, 3.63) is 28.2 Å². The molecular formula is C13H18BrNO2. The minimum Gasteiger partial charge on any atom is -0.490 e. The molecule has 1 amide bonds. The van der Waals surface area contributed by atoms with E-state index in [9.17, 15) is 4.79 Å². The summed E-state index contributed by atoms with van der Waals surface area (Å²) < 4.78 is 6.38. The first-order valence-corrected chi connectivity index (χ1v) is 6.58. The van der Waals surface area contributed by atoms with Crippen molar-refractivity contribution in [3.63, 3.8) is 0 Å². The maximum atomic E-state index is 11.7. The van der Waals surface area contributed by atoms with E-state index >= 15 is 0 Å². The Morgan fingerprint density at radius 2 is 2.18 bits per heavy atom. The number of ether oxygens (including phenoxy) is 1. The summed E-state index contributed by atoms with van der Waals surface area (Å²) in [5.74, 6) is 0.704. The minimum absolute atomic E-state index is 0.0522. The minimum atomic E-state index is -0.0522. The fourth-order valence-corrected chi connectivity index (χ4v) is 1.80. The standard InChI is InChI=1S/C13H18BrNO2/c1-4-7-15-13(16)10-5-6-12(11(14)8-10)17-9(2)3/h5-6,8-9H,4,7H2,1-3H3,(H,15,16). The molecule has 94 valence electrons. The molecule has 0 bridgehead atoms. The first kappa shape index (κ1) is 14.0.